The van der Waals surface area contributed by atoms with Crippen LogP contribution in [-0.2, 0) is 4.79 Å². The van der Waals surface area contributed by atoms with E-state index in [2.05, 4.69) is 0 Å². The molecule has 1 saturated heterocycles. The zero-order chi connectivity index (χ0) is 19.2. The Kier molecular flexibility index (Phi) is 3.91. The van der Waals surface area contributed by atoms with Gasteiger partial charge in [-0.15, -0.1) is 0 Å². The molecule has 1 aliphatic heterocycles. The SMILES string of the molecule is N#Cc1ccc(N2C(=O)C3(CCC3)N(c3ccc(F)cc3)C2=S)cc1C#N. The van der Waals surface area contributed by atoms with Crippen LogP contribution in [0, 0.1) is 28.5 Å². The van der Waals surface area contributed by atoms with Crippen LogP contribution < -0.4 is 9.80 Å². The van der Waals surface area contributed by atoms with Crippen LogP contribution in [-0.4, -0.2) is 16.6 Å². The van der Waals surface area contributed by atoms with Crippen LogP contribution in [0.25, 0.3) is 0 Å². The fraction of sp³-hybridized carbons (Fsp3) is 0.200. The lowest BCUT2D eigenvalue weighted by atomic mass is 9.75. The summed E-state index contributed by atoms with van der Waals surface area (Å²) in [6.45, 7) is 0. The summed E-state index contributed by atoms with van der Waals surface area (Å²) in [5.74, 6) is -0.517. The minimum Gasteiger partial charge on any atom is -0.303 e. The molecule has 0 bridgehead atoms. The van der Waals surface area contributed by atoms with Gasteiger partial charge < -0.3 is 4.90 Å². The number of benzene rings is 2. The first kappa shape index (κ1) is 17.1. The summed E-state index contributed by atoms with van der Waals surface area (Å²) >= 11 is 5.62. The maximum Gasteiger partial charge on any atom is 0.259 e. The number of thiocarbonyl (C=S) groups is 1. The second kappa shape index (κ2) is 6.15. The van der Waals surface area contributed by atoms with Gasteiger partial charge in [0.15, 0.2) is 5.11 Å². The first-order valence-electron chi connectivity index (χ1n) is 8.40. The Hall–Kier alpha value is -3.29. The predicted molar refractivity (Wildman–Crippen MR) is 101 cm³/mol. The van der Waals surface area contributed by atoms with Gasteiger partial charge in [0.25, 0.3) is 5.91 Å². The van der Waals surface area contributed by atoms with Crippen LogP contribution >= 0.6 is 12.2 Å². The van der Waals surface area contributed by atoms with E-state index in [1.165, 1.54) is 29.2 Å². The monoisotopic (exact) mass is 376 g/mol. The van der Waals surface area contributed by atoms with Gasteiger partial charge in [0.05, 0.1) is 16.8 Å². The van der Waals surface area contributed by atoms with Crippen LogP contribution in [0.1, 0.15) is 30.4 Å². The lowest BCUT2D eigenvalue weighted by Gasteiger charge is -2.43. The van der Waals surface area contributed by atoms with E-state index in [4.69, 9.17) is 17.5 Å². The Morgan fingerprint density at radius 2 is 1.63 bits per heavy atom. The third kappa shape index (κ3) is 2.40. The molecule has 27 heavy (non-hydrogen) atoms. The highest BCUT2D eigenvalue weighted by Crippen LogP contribution is 2.47. The Bertz CT molecular complexity index is 1050. The van der Waals surface area contributed by atoms with Crippen LogP contribution in [0.15, 0.2) is 42.5 Å². The number of halogens is 1. The van der Waals surface area contributed by atoms with Crippen LogP contribution in [0.3, 0.4) is 0 Å². The van der Waals surface area contributed by atoms with Crippen LogP contribution in [0.4, 0.5) is 15.8 Å². The van der Waals surface area contributed by atoms with E-state index in [0.717, 1.165) is 6.42 Å². The first-order chi connectivity index (χ1) is 13.0. The molecule has 1 aliphatic carbocycles. The number of carbonyl (C=O) groups is 1. The van der Waals surface area contributed by atoms with Gasteiger partial charge in [-0.25, -0.2) is 4.39 Å². The fourth-order valence-corrected chi connectivity index (χ4v) is 4.13. The lowest BCUT2D eigenvalue weighted by Crippen LogP contribution is -2.55. The zero-order valence-corrected chi connectivity index (χ0v) is 15.0. The molecule has 132 valence electrons. The van der Waals surface area contributed by atoms with E-state index in [-0.39, 0.29) is 22.9 Å². The van der Waals surface area contributed by atoms with Crippen molar-refractivity contribution in [3.8, 4) is 12.1 Å². The third-order valence-corrected chi connectivity index (χ3v) is 5.54. The molecule has 0 unspecified atom stereocenters. The molecule has 1 spiro atoms. The molecule has 4 rings (SSSR count). The molecular formula is C20H13FN4OS. The van der Waals surface area contributed by atoms with Gasteiger partial charge in [-0.2, -0.15) is 10.5 Å². The van der Waals surface area contributed by atoms with Crippen molar-refractivity contribution >= 4 is 34.6 Å². The van der Waals surface area contributed by atoms with Crippen molar-refractivity contribution in [3.05, 3.63) is 59.4 Å². The summed E-state index contributed by atoms with van der Waals surface area (Å²) in [5.41, 5.74) is 0.777. The molecule has 2 aromatic rings. The molecule has 5 nitrogen and oxygen atoms in total. The van der Waals surface area contributed by atoms with E-state index in [1.807, 2.05) is 12.1 Å². The van der Waals surface area contributed by atoms with Crippen molar-refractivity contribution in [2.75, 3.05) is 9.80 Å². The highest BCUT2D eigenvalue weighted by molar-refractivity contribution is 7.81. The quantitative estimate of drug-likeness (QED) is 0.749. The highest BCUT2D eigenvalue weighted by Gasteiger charge is 2.59. The van der Waals surface area contributed by atoms with Gasteiger partial charge in [-0.05, 0) is 73.9 Å². The minimum atomic E-state index is -0.768. The second-order valence-corrected chi connectivity index (χ2v) is 6.94. The average molecular weight is 376 g/mol. The van der Waals surface area contributed by atoms with E-state index in [0.29, 0.717) is 29.3 Å². The number of carbonyl (C=O) groups excluding carboxylic acids is 1. The van der Waals surface area contributed by atoms with Crippen molar-refractivity contribution < 1.29 is 9.18 Å². The van der Waals surface area contributed by atoms with Crippen molar-refractivity contribution in [1.29, 1.82) is 10.5 Å². The predicted octanol–water partition coefficient (Wildman–Crippen LogP) is 3.63. The van der Waals surface area contributed by atoms with Gasteiger partial charge in [-0.1, -0.05) is 0 Å². The minimum absolute atomic E-state index is 0.156. The number of nitriles is 2. The standard InChI is InChI=1S/C20H13FN4OS/c21-15-3-6-16(7-4-15)25-19(27)24(18(26)20(25)8-1-9-20)17-5-2-13(11-22)14(10-17)12-23/h2-7,10H,1,8-9H2. The number of anilines is 2. The second-order valence-electron chi connectivity index (χ2n) is 6.57. The molecule has 2 fully saturated rings. The van der Waals surface area contributed by atoms with Gasteiger partial charge in [0.1, 0.15) is 23.5 Å². The zero-order valence-electron chi connectivity index (χ0n) is 14.1. The molecule has 0 N–H and O–H groups in total. The average Bonchev–Trinajstić information content (AvgIpc) is 2.89. The smallest absolute Gasteiger partial charge is 0.259 e. The molecule has 0 radical (unpaired) electrons. The van der Waals surface area contributed by atoms with Crippen molar-refractivity contribution in [1.82, 2.24) is 0 Å². The molecule has 7 heteroatoms. The first-order valence-corrected chi connectivity index (χ1v) is 8.81. The molecule has 2 aromatic carbocycles. The maximum absolute atomic E-state index is 13.3. The lowest BCUT2D eigenvalue weighted by molar-refractivity contribution is -0.123. The molecular weight excluding hydrogens is 363 g/mol. The van der Waals surface area contributed by atoms with E-state index in [9.17, 15) is 14.4 Å². The third-order valence-electron chi connectivity index (χ3n) is 5.18. The number of hydrogen-bond donors (Lipinski definition) is 0. The molecule has 1 saturated carbocycles. The molecule has 2 aliphatic rings. The molecule has 0 atom stereocenters. The number of nitrogens with zero attached hydrogens (tertiary/aromatic N) is 4. The Labute approximate surface area is 160 Å². The topological polar surface area (TPSA) is 71.1 Å². The summed E-state index contributed by atoms with van der Waals surface area (Å²) in [4.78, 5) is 16.5. The maximum atomic E-state index is 13.3. The van der Waals surface area contributed by atoms with Crippen molar-refractivity contribution in [2.24, 2.45) is 0 Å². The summed E-state index contributed by atoms with van der Waals surface area (Å²) in [6.07, 6.45) is 2.21. The number of amides is 1. The normalized spacial score (nSPS) is 17.6. The van der Waals surface area contributed by atoms with Gasteiger partial charge >= 0.3 is 0 Å². The van der Waals surface area contributed by atoms with E-state index in [1.54, 1.807) is 23.1 Å². The highest BCUT2D eigenvalue weighted by atomic mass is 32.1. The molecule has 1 heterocycles. The number of rotatable bonds is 2. The van der Waals surface area contributed by atoms with Crippen LogP contribution in [0.2, 0.25) is 0 Å². The van der Waals surface area contributed by atoms with Crippen LogP contribution in [0.5, 0.6) is 0 Å². The summed E-state index contributed by atoms with van der Waals surface area (Å²) in [6, 6.07) is 14.5. The van der Waals surface area contributed by atoms with Crippen molar-refractivity contribution in [2.45, 2.75) is 24.8 Å². The fourth-order valence-electron chi connectivity index (χ4n) is 3.66. The summed E-state index contributed by atoms with van der Waals surface area (Å²) in [5, 5.41) is 18.7. The van der Waals surface area contributed by atoms with Gasteiger partial charge in [0, 0.05) is 5.69 Å². The number of hydrogen-bond acceptors (Lipinski definition) is 4. The van der Waals surface area contributed by atoms with Crippen molar-refractivity contribution in [3.63, 3.8) is 0 Å². The van der Waals surface area contributed by atoms with Gasteiger partial charge in [-0.3, -0.25) is 9.69 Å². The summed E-state index contributed by atoms with van der Waals surface area (Å²) < 4.78 is 13.3. The Morgan fingerprint density at radius 1 is 1.00 bits per heavy atom. The molecule has 0 aromatic heterocycles. The van der Waals surface area contributed by atoms with Gasteiger partial charge in [0.2, 0.25) is 0 Å². The Morgan fingerprint density at radius 3 is 2.19 bits per heavy atom. The largest absolute Gasteiger partial charge is 0.303 e. The van der Waals surface area contributed by atoms with E-state index >= 15 is 0 Å². The van der Waals surface area contributed by atoms with E-state index < -0.39 is 5.54 Å². The summed E-state index contributed by atoms with van der Waals surface area (Å²) in [7, 11) is 0. The Balaban J connectivity index is 1.81. The molecule has 1 amide bonds.